The summed E-state index contributed by atoms with van der Waals surface area (Å²) in [6.45, 7) is 4.60. The number of hydrogen-bond donors (Lipinski definition) is 0. The van der Waals surface area contributed by atoms with Crippen LogP contribution in [0.5, 0.6) is 0 Å². The van der Waals surface area contributed by atoms with E-state index in [4.69, 9.17) is 0 Å². The third-order valence-corrected chi connectivity index (χ3v) is 5.83. The van der Waals surface area contributed by atoms with E-state index in [0.29, 0.717) is 6.04 Å². The van der Waals surface area contributed by atoms with Gasteiger partial charge in [0, 0.05) is 43.8 Å². The standard InChI is InChI=1S/C18H23N3S/c1-2-7-16-15(5-1)6-3-8-17(16)20-10-4-11-21(13-12-20)18-19-9-14-22-18/h1-2,5,7,9,14,17H,3-4,6,8,10-13H2/t17-/m0/s1. The van der Waals surface area contributed by atoms with Crippen LogP contribution in [0, 0.1) is 0 Å². The van der Waals surface area contributed by atoms with Gasteiger partial charge in [0.25, 0.3) is 0 Å². The molecule has 4 rings (SSSR count). The van der Waals surface area contributed by atoms with Crippen LogP contribution in [0.1, 0.15) is 36.4 Å². The number of benzene rings is 1. The van der Waals surface area contributed by atoms with Crippen LogP contribution in [0.15, 0.2) is 35.8 Å². The van der Waals surface area contributed by atoms with Crippen LogP contribution in [0.2, 0.25) is 0 Å². The fourth-order valence-electron chi connectivity index (χ4n) is 3.92. The van der Waals surface area contributed by atoms with E-state index in [1.807, 2.05) is 6.20 Å². The third kappa shape index (κ3) is 2.77. The van der Waals surface area contributed by atoms with Crippen LogP contribution < -0.4 is 4.90 Å². The molecule has 0 amide bonds. The van der Waals surface area contributed by atoms with Gasteiger partial charge in [-0.05, 0) is 36.8 Å². The maximum absolute atomic E-state index is 4.48. The first-order valence-electron chi connectivity index (χ1n) is 8.38. The Morgan fingerprint density at radius 1 is 1.05 bits per heavy atom. The molecule has 1 aromatic carbocycles. The van der Waals surface area contributed by atoms with E-state index in [9.17, 15) is 0 Å². The minimum Gasteiger partial charge on any atom is -0.347 e. The molecule has 116 valence electrons. The van der Waals surface area contributed by atoms with Gasteiger partial charge in [-0.3, -0.25) is 4.90 Å². The van der Waals surface area contributed by atoms with Crippen LogP contribution >= 0.6 is 11.3 Å². The minimum atomic E-state index is 0.626. The van der Waals surface area contributed by atoms with Crippen molar-refractivity contribution in [3.05, 3.63) is 47.0 Å². The molecule has 2 aliphatic rings. The van der Waals surface area contributed by atoms with E-state index in [2.05, 4.69) is 44.4 Å². The van der Waals surface area contributed by atoms with Gasteiger partial charge in [-0.1, -0.05) is 24.3 Å². The summed E-state index contributed by atoms with van der Waals surface area (Å²) in [6, 6.07) is 9.69. The first-order chi connectivity index (χ1) is 10.9. The summed E-state index contributed by atoms with van der Waals surface area (Å²) in [5.41, 5.74) is 3.15. The van der Waals surface area contributed by atoms with Crippen molar-refractivity contribution < 1.29 is 0 Å². The van der Waals surface area contributed by atoms with E-state index in [-0.39, 0.29) is 0 Å². The largest absolute Gasteiger partial charge is 0.347 e. The molecular formula is C18H23N3S. The molecular weight excluding hydrogens is 290 g/mol. The molecule has 0 N–H and O–H groups in total. The quantitative estimate of drug-likeness (QED) is 0.842. The molecule has 0 saturated carbocycles. The molecule has 1 saturated heterocycles. The predicted octanol–water partition coefficient (Wildman–Crippen LogP) is 3.73. The average Bonchev–Trinajstić information content (AvgIpc) is 2.99. The number of hydrogen-bond acceptors (Lipinski definition) is 4. The summed E-state index contributed by atoms with van der Waals surface area (Å²) in [7, 11) is 0. The molecule has 1 aliphatic carbocycles. The first kappa shape index (κ1) is 14.2. The van der Waals surface area contributed by atoms with Crippen molar-refractivity contribution in [2.24, 2.45) is 0 Å². The van der Waals surface area contributed by atoms with Gasteiger partial charge in [0.2, 0.25) is 0 Å². The summed E-state index contributed by atoms with van der Waals surface area (Å²) >= 11 is 1.76. The normalized spacial score (nSPS) is 23.1. The number of rotatable bonds is 2. The lowest BCUT2D eigenvalue weighted by atomic mass is 9.87. The predicted molar refractivity (Wildman–Crippen MR) is 92.6 cm³/mol. The highest BCUT2D eigenvalue weighted by Crippen LogP contribution is 2.35. The van der Waals surface area contributed by atoms with Crippen molar-refractivity contribution in [1.29, 1.82) is 0 Å². The highest BCUT2D eigenvalue weighted by Gasteiger charge is 2.27. The molecule has 2 heterocycles. The van der Waals surface area contributed by atoms with Crippen LogP contribution in [0.4, 0.5) is 5.13 Å². The highest BCUT2D eigenvalue weighted by molar-refractivity contribution is 7.13. The van der Waals surface area contributed by atoms with E-state index < -0.39 is 0 Å². The lowest BCUT2D eigenvalue weighted by Crippen LogP contribution is -2.35. The lowest BCUT2D eigenvalue weighted by Gasteiger charge is -2.35. The Labute approximate surface area is 136 Å². The second-order valence-electron chi connectivity index (χ2n) is 6.30. The topological polar surface area (TPSA) is 19.4 Å². The zero-order valence-corrected chi connectivity index (χ0v) is 13.8. The van der Waals surface area contributed by atoms with Gasteiger partial charge >= 0.3 is 0 Å². The second kappa shape index (κ2) is 6.39. The molecule has 0 bridgehead atoms. The summed E-state index contributed by atoms with van der Waals surface area (Å²) < 4.78 is 0. The van der Waals surface area contributed by atoms with Gasteiger partial charge in [0.05, 0.1) is 0 Å². The Balaban J connectivity index is 1.50. The number of thiazole rings is 1. The van der Waals surface area contributed by atoms with Crippen molar-refractivity contribution in [1.82, 2.24) is 9.88 Å². The fraction of sp³-hybridized carbons (Fsp3) is 0.500. The summed E-state index contributed by atoms with van der Waals surface area (Å²) in [5, 5.41) is 3.26. The average molecular weight is 313 g/mol. The van der Waals surface area contributed by atoms with Gasteiger partial charge in [-0.25, -0.2) is 4.98 Å². The molecule has 4 heteroatoms. The SMILES string of the molecule is c1ccc2c(c1)CCC[C@@H]2N1CCCN(c2nccs2)CC1. The maximum atomic E-state index is 4.48. The first-order valence-corrected chi connectivity index (χ1v) is 9.26. The Bertz CT molecular complexity index is 611. The number of aromatic nitrogens is 1. The molecule has 1 aromatic heterocycles. The van der Waals surface area contributed by atoms with Crippen LogP contribution in [0.3, 0.4) is 0 Å². The fourth-order valence-corrected chi connectivity index (χ4v) is 4.62. The number of anilines is 1. The van der Waals surface area contributed by atoms with Gasteiger partial charge in [0.1, 0.15) is 0 Å². The molecule has 1 fully saturated rings. The summed E-state index contributed by atoms with van der Waals surface area (Å²) in [6.07, 6.45) is 7.05. The van der Waals surface area contributed by atoms with E-state index in [1.54, 1.807) is 22.5 Å². The van der Waals surface area contributed by atoms with Crippen molar-refractivity contribution >= 4 is 16.5 Å². The van der Waals surface area contributed by atoms with E-state index in [1.165, 1.54) is 37.4 Å². The lowest BCUT2D eigenvalue weighted by molar-refractivity contribution is 0.191. The van der Waals surface area contributed by atoms with E-state index >= 15 is 0 Å². The molecule has 1 aliphatic heterocycles. The van der Waals surface area contributed by atoms with Crippen LogP contribution in [-0.4, -0.2) is 36.1 Å². The highest BCUT2D eigenvalue weighted by atomic mass is 32.1. The van der Waals surface area contributed by atoms with Crippen LogP contribution in [-0.2, 0) is 6.42 Å². The van der Waals surface area contributed by atoms with Gasteiger partial charge in [-0.2, -0.15) is 0 Å². The molecule has 1 atom stereocenters. The number of nitrogens with zero attached hydrogens (tertiary/aromatic N) is 3. The maximum Gasteiger partial charge on any atom is 0.185 e. The van der Waals surface area contributed by atoms with E-state index in [0.717, 1.165) is 19.6 Å². The van der Waals surface area contributed by atoms with Crippen molar-refractivity contribution in [3.63, 3.8) is 0 Å². The summed E-state index contributed by atoms with van der Waals surface area (Å²) in [5.74, 6) is 0. The molecule has 0 radical (unpaired) electrons. The molecule has 0 unspecified atom stereocenters. The Morgan fingerprint density at radius 2 is 2.00 bits per heavy atom. The van der Waals surface area contributed by atoms with Gasteiger partial charge < -0.3 is 4.90 Å². The monoisotopic (exact) mass is 313 g/mol. The molecule has 0 spiro atoms. The Morgan fingerprint density at radius 3 is 2.91 bits per heavy atom. The number of fused-ring (bicyclic) bond motifs is 1. The molecule has 22 heavy (non-hydrogen) atoms. The molecule has 3 nitrogen and oxygen atoms in total. The zero-order valence-electron chi connectivity index (χ0n) is 12.9. The van der Waals surface area contributed by atoms with Crippen molar-refractivity contribution in [3.8, 4) is 0 Å². The summed E-state index contributed by atoms with van der Waals surface area (Å²) in [4.78, 5) is 9.65. The van der Waals surface area contributed by atoms with Crippen molar-refractivity contribution in [2.75, 3.05) is 31.1 Å². The van der Waals surface area contributed by atoms with Gasteiger partial charge in [-0.15, -0.1) is 11.3 Å². The molecule has 2 aromatic rings. The Kier molecular flexibility index (Phi) is 4.13. The Hall–Kier alpha value is -1.39. The van der Waals surface area contributed by atoms with Crippen LogP contribution in [0.25, 0.3) is 0 Å². The smallest absolute Gasteiger partial charge is 0.185 e. The zero-order chi connectivity index (χ0) is 14.8. The van der Waals surface area contributed by atoms with Crippen molar-refractivity contribution in [2.45, 2.75) is 31.7 Å². The third-order valence-electron chi connectivity index (χ3n) is 5.00. The van der Waals surface area contributed by atoms with Gasteiger partial charge in [0.15, 0.2) is 5.13 Å². The number of aryl methyl sites for hydroxylation is 1. The second-order valence-corrected chi connectivity index (χ2v) is 7.17. The minimum absolute atomic E-state index is 0.626.